The molecule has 1 aliphatic rings. The molecule has 0 amide bonds. The van der Waals surface area contributed by atoms with E-state index in [4.69, 9.17) is 9.97 Å². The predicted octanol–water partition coefficient (Wildman–Crippen LogP) is 12.2. The highest BCUT2D eigenvalue weighted by Crippen LogP contribution is 2.49. The first kappa shape index (κ1) is 30.6. The zero-order chi connectivity index (χ0) is 34.4. The average Bonchev–Trinajstić information content (AvgIpc) is 3.44. The number of pyridine rings is 1. The Morgan fingerprint density at radius 1 is 0.353 bits per heavy atom. The van der Waals surface area contributed by atoms with Gasteiger partial charge < -0.3 is 0 Å². The minimum absolute atomic E-state index is 0.0492. The molecule has 0 atom stereocenters. The van der Waals surface area contributed by atoms with Gasteiger partial charge in [-0.15, -0.1) is 0 Å². The van der Waals surface area contributed by atoms with E-state index in [1.807, 2.05) is 36.5 Å². The summed E-state index contributed by atoms with van der Waals surface area (Å²) in [7, 11) is 0. The topological polar surface area (TPSA) is 38.7 Å². The van der Waals surface area contributed by atoms with E-state index >= 15 is 0 Å². The molecular weight excluding hydrogens is 619 g/mol. The van der Waals surface area contributed by atoms with E-state index in [0.717, 1.165) is 61.6 Å². The molecule has 6 aromatic carbocycles. The number of aromatic nitrogens is 3. The van der Waals surface area contributed by atoms with Gasteiger partial charge >= 0.3 is 0 Å². The lowest BCUT2D eigenvalue weighted by Gasteiger charge is -2.21. The fraction of sp³-hybridized carbons (Fsp3) is 0.0625. The highest BCUT2D eigenvalue weighted by Gasteiger charge is 2.35. The number of hydrogen-bond donors (Lipinski definition) is 0. The van der Waals surface area contributed by atoms with Crippen LogP contribution in [0.5, 0.6) is 0 Å². The van der Waals surface area contributed by atoms with Crippen molar-refractivity contribution in [3.63, 3.8) is 0 Å². The first-order chi connectivity index (χ1) is 25.0. The summed E-state index contributed by atoms with van der Waals surface area (Å²) < 4.78 is 0. The molecule has 0 aliphatic heterocycles. The summed E-state index contributed by atoms with van der Waals surface area (Å²) in [6, 6.07) is 60.0. The third-order valence-electron chi connectivity index (χ3n) is 10.2. The summed E-state index contributed by atoms with van der Waals surface area (Å²) in [4.78, 5) is 15.0. The number of hydrogen-bond acceptors (Lipinski definition) is 3. The van der Waals surface area contributed by atoms with Gasteiger partial charge in [-0.1, -0.05) is 141 Å². The van der Waals surface area contributed by atoms with Crippen molar-refractivity contribution >= 4 is 0 Å². The fourth-order valence-electron chi connectivity index (χ4n) is 7.45. The Morgan fingerprint density at radius 3 is 1.55 bits per heavy atom. The minimum Gasteiger partial charge on any atom is -0.256 e. The third-order valence-corrected chi connectivity index (χ3v) is 10.2. The highest BCUT2D eigenvalue weighted by atomic mass is 14.9. The quantitative estimate of drug-likeness (QED) is 0.179. The lowest BCUT2D eigenvalue weighted by atomic mass is 9.82. The van der Waals surface area contributed by atoms with E-state index in [0.29, 0.717) is 5.82 Å². The van der Waals surface area contributed by atoms with Crippen LogP contribution >= 0.6 is 0 Å². The first-order valence-electron chi connectivity index (χ1n) is 17.4. The SMILES string of the molecule is CC1(C)c2ccccc2-c2cc(-c3cc(-c4ccc(-c5ccccn5)cc4)cc(-c4nc(-c5ccccc5)cc(-c5ccccc5)n4)c3)ccc21. The number of nitrogens with zero attached hydrogens (tertiary/aromatic N) is 3. The van der Waals surface area contributed by atoms with Crippen molar-refractivity contribution in [2.75, 3.05) is 0 Å². The molecule has 0 radical (unpaired) electrons. The van der Waals surface area contributed by atoms with Crippen molar-refractivity contribution < 1.29 is 0 Å². The summed E-state index contributed by atoms with van der Waals surface area (Å²) in [5.74, 6) is 0.691. The largest absolute Gasteiger partial charge is 0.256 e. The molecule has 0 bridgehead atoms. The Labute approximate surface area is 299 Å². The van der Waals surface area contributed by atoms with Crippen LogP contribution in [0, 0.1) is 0 Å². The summed E-state index contributed by atoms with van der Waals surface area (Å²) in [6.07, 6.45) is 1.84. The van der Waals surface area contributed by atoms with Crippen LogP contribution in [0.25, 0.3) is 78.5 Å². The predicted molar refractivity (Wildman–Crippen MR) is 210 cm³/mol. The second kappa shape index (κ2) is 12.5. The number of fused-ring (bicyclic) bond motifs is 3. The number of benzene rings is 6. The molecule has 242 valence electrons. The smallest absolute Gasteiger partial charge is 0.160 e. The monoisotopic (exact) mass is 653 g/mol. The Hall–Kier alpha value is -6.45. The molecule has 2 aromatic heterocycles. The lowest BCUT2D eigenvalue weighted by Crippen LogP contribution is -2.14. The van der Waals surface area contributed by atoms with Crippen molar-refractivity contribution in [3.05, 3.63) is 187 Å². The molecule has 0 saturated heterocycles. The van der Waals surface area contributed by atoms with Gasteiger partial charge in [-0.25, -0.2) is 9.97 Å². The van der Waals surface area contributed by atoms with E-state index in [1.165, 1.54) is 22.3 Å². The fourth-order valence-corrected chi connectivity index (χ4v) is 7.45. The second-order valence-electron chi connectivity index (χ2n) is 13.7. The van der Waals surface area contributed by atoms with Crippen molar-refractivity contribution in [2.45, 2.75) is 19.3 Å². The van der Waals surface area contributed by atoms with Crippen LogP contribution in [0.1, 0.15) is 25.0 Å². The van der Waals surface area contributed by atoms with Crippen LogP contribution in [0.3, 0.4) is 0 Å². The molecule has 0 unspecified atom stereocenters. The molecule has 1 aliphatic carbocycles. The van der Waals surface area contributed by atoms with E-state index in [2.05, 4.69) is 158 Å². The Kier molecular flexibility index (Phi) is 7.48. The molecule has 0 fully saturated rings. The van der Waals surface area contributed by atoms with Crippen molar-refractivity contribution in [1.82, 2.24) is 15.0 Å². The summed E-state index contributed by atoms with van der Waals surface area (Å²) in [6.45, 7) is 4.65. The maximum atomic E-state index is 5.21. The molecule has 0 N–H and O–H groups in total. The van der Waals surface area contributed by atoms with Crippen LogP contribution in [0.4, 0.5) is 0 Å². The molecule has 8 aromatic rings. The van der Waals surface area contributed by atoms with Crippen LogP contribution < -0.4 is 0 Å². The number of rotatable bonds is 6. The van der Waals surface area contributed by atoms with Crippen LogP contribution in [-0.2, 0) is 5.41 Å². The molecule has 3 heteroatoms. The van der Waals surface area contributed by atoms with E-state index in [9.17, 15) is 0 Å². The Balaban J connectivity index is 1.24. The van der Waals surface area contributed by atoms with Crippen molar-refractivity contribution in [2.24, 2.45) is 0 Å². The van der Waals surface area contributed by atoms with E-state index < -0.39 is 0 Å². The summed E-state index contributed by atoms with van der Waals surface area (Å²) in [5.41, 5.74) is 16.7. The van der Waals surface area contributed by atoms with Crippen LogP contribution in [-0.4, -0.2) is 15.0 Å². The van der Waals surface area contributed by atoms with Crippen molar-refractivity contribution in [3.8, 4) is 78.5 Å². The van der Waals surface area contributed by atoms with Crippen LogP contribution in [0.15, 0.2) is 176 Å². The minimum atomic E-state index is -0.0492. The third kappa shape index (κ3) is 5.63. The molecule has 51 heavy (non-hydrogen) atoms. The van der Waals surface area contributed by atoms with E-state index in [-0.39, 0.29) is 5.41 Å². The van der Waals surface area contributed by atoms with Gasteiger partial charge in [-0.3, -0.25) is 4.98 Å². The maximum absolute atomic E-state index is 5.21. The molecule has 0 saturated carbocycles. The van der Waals surface area contributed by atoms with Gasteiger partial charge in [0.25, 0.3) is 0 Å². The zero-order valence-electron chi connectivity index (χ0n) is 28.6. The molecule has 3 nitrogen and oxygen atoms in total. The van der Waals surface area contributed by atoms with Gasteiger partial charge in [-0.2, -0.15) is 0 Å². The lowest BCUT2D eigenvalue weighted by molar-refractivity contribution is 0.660. The van der Waals surface area contributed by atoms with Gasteiger partial charge in [0, 0.05) is 33.9 Å². The van der Waals surface area contributed by atoms with Gasteiger partial charge in [-0.05, 0) is 87.0 Å². The Bertz CT molecular complexity index is 2460. The maximum Gasteiger partial charge on any atom is 0.160 e. The van der Waals surface area contributed by atoms with E-state index in [1.54, 1.807) is 0 Å². The van der Waals surface area contributed by atoms with Gasteiger partial charge in [0.2, 0.25) is 0 Å². The highest BCUT2D eigenvalue weighted by molar-refractivity contribution is 5.87. The molecule has 0 spiro atoms. The van der Waals surface area contributed by atoms with Crippen molar-refractivity contribution in [1.29, 1.82) is 0 Å². The molecular formula is C48H35N3. The summed E-state index contributed by atoms with van der Waals surface area (Å²) >= 11 is 0. The second-order valence-corrected chi connectivity index (χ2v) is 13.7. The van der Waals surface area contributed by atoms with Gasteiger partial charge in [0.15, 0.2) is 5.82 Å². The standard InChI is InChI=1S/C48H35N3/c1-48(2)42-18-10-9-17-40(42)41-30-36(24-25-43(41)48)38-27-37(32-20-22-35(23-21-32)44-19-11-12-26-49-44)28-39(29-38)47-50-45(33-13-5-3-6-14-33)31-46(51-47)34-15-7-4-8-16-34/h3-31H,1-2H3. The zero-order valence-corrected chi connectivity index (χ0v) is 28.6. The first-order valence-corrected chi connectivity index (χ1v) is 17.4. The summed E-state index contributed by atoms with van der Waals surface area (Å²) in [5, 5.41) is 0. The molecule has 2 heterocycles. The normalized spacial score (nSPS) is 12.7. The van der Waals surface area contributed by atoms with Gasteiger partial charge in [0.05, 0.1) is 17.1 Å². The average molecular weight is 654 g/mol. The van der Waals surface area contributed by atoms with Gasteiger partial charge in [0.1, 0.15) is 0 Å². The molecule has 9 rings (SSSR count). The Morgan fingerprint density at radius 2 is 0.882 bits per heavy atom. The van der Waals surface area contributed by atoms with Crippen LogP contribution in [0.2, 0.25) is 0 Å².